The zero-order valence-corrected chi connectivity index (χ0v) is 17.6. The topological polar surface area (TPSA) is 93.1 Å². The lowest BCUT2D eigenvalue weighted by Gasteiger charge is -2.18. The van der Waals surface area contributed by atoms with Gasteiger partial charge in [-0.2, -0.15) is 5.10 Å². The first-order valence-corrected chi connectivity index (χ1v) is 11.5. The molecule has 1 fully saturated rings. The molecule has 2 heterocycles. The van der Waals surface area contributed by atoms with Crippen molar-refractivity contribution < 1.29 is 13.2 Å². The molecule has 3 rings (SSSR count). The van der Waals surface area contributed by atoms with Crippen LogP contribution in [0.1, 0.15) is 43.1 Å². The lowest BCUT2D eigenvalue weighted by molar-refractivity contribution is -0.115. The number of nitrogens with zero attached hydrogens (tertiary/aromatic N) is 2. The third-order valence-corrected chi connectivity index (χ3v) is 6.87. The maximum absolute atomic E-state index is 12.5. The largest absolute Gasteiger partial charge is 0.310 e. The molecule has 2 N–H and O–H groups in total. The first kappa shape index (κ1) is 20.8. The fourth-order valence-electron chi connectivity index (χ4n) is 3.45. The van der Waals surface area contributed by atoms with Gasteiger partial charge in [-0.15, -0.1) is 0 Å². The maximum atomic E-state index is 12.5. The summed E-state index contributed by atoms with van der Waals surface area (Å²) in [5, 5.41) is 11.2. The van der Waals surface area contributed by atoms with Crippen molar-refractivity contribution in [1.82, 2.24) is 15.1 Å². The quantitative estimate of drug-likeness (QED) is 0.712. The number of rotatable bonds is 7. The molecule has 0 saturated carbocycles. The van der Waals surface area contributed by atoms with Gasteiger partial charge in [-0.25, -0.2) is 13.1 Å². The monoisotopic (exact) mass is 424 g/mol. The van der Waals surface area contributed by atoms with Crippen molar-refractivity contribution in [2.24, 2.45) is 0 Å². The fourth-order valence-corrected chi connectivity index (χ4v) is 5.27. The SMILES string of the molecule is CCC(NCC(=O)Nc1cc(C)nn1C1CCS(=O)(=O)C1)c1ccc(Cl)cc1. The van der Waals surface area contributed by atoms with E-state index in [0.29, 0.717) is 17.3 Å². The third-order valence-electron chi connectivity index (χ3n) is 4.87. The zero-order chi connectivity index (χ0) is 20.3. The number of aromatic nitrogens is 2. The molecule has 0 aliphatic carbocycles. The van der Waals surface area contributed by atoms with Gasteiger partial charge in [0.05, 0.1) is 29.8 Å². The van der Waals surface area contributed by atoms with Gasteiger partial charge in [-0.1, -0.05) is 30.7 Å². The number of hydrogen-bond donors (Lipinski definition) is 2. The summed E-state index contributed by atoms with van der Waals surface area (Å²) in [6.45, 7) is 4.00. The lowest BCUT2D eigenvalue weighted by Crippen LogP contribution is -2.32. The van der Waals surface area contributed by atoms with Crippen LogP contribution in [0, 0.1) is 6.92 Å². The Bertz CT molecular complexity index is 941. The summed E-state index contributed by atoms with van der Waals surface area (Å²) in [5.41, 5.74) is 1.80. The second kappa shape index (κ2) is 8.63. The Hall–Kier alpha value is -1.90. The normalized spacial score (nSPS) is 19.5. The van der Waals surface area contributed by atoms with Crippen molar-refractivity contribution in [3.63, 3.8) is 0 Å². The van der Waals surface area contributed by atoms with Crippen molar-refractivity contribution in [2.75, 3.05) is 23.4 Å². The van der Waals surface area contributed by atoms with E-state index in [4.69, 9.17) is 11.6 Å². The second-order valence-electron chi connectivity index (χ2n) is 7.11. The summed E-state index contributed by atoms with van der Waals surface area (Å²) in [4.78, 5) is 12.5. The molecule has 1 aromatic heterocycles. The molecule has 2 unspecified atom stereocenters. The first-order valence-electron chi connectivity index (χ1n) is 9.32. The molecule has 9 heteroatoms. The van der Waals surface area contributed by atoms with E-state index in [1.165, 1.54) is 0 Å². The number of anilines is 1. The summed E-state index contributed by atoms with van der Waals surface area (Å²) in [5.74, 6) is 0.550. The van der Waals surface area contributed by atoms with E-state index in [9.17, 15) is 13.2 Å². The van der Waals surface area contributed by atoms with Crippen LogP contribution in [-0.2, 0) is 14.6 Å². The Morgan fingerprint density at radius 3 is 2.68 bits per heavy atom. The van der Waals surface area contributed by atoms with Gasteiger partial charge in [0.15, 0.2) is 9.84 Å². The molecule has 2 aromatic rings. The zero-order valence-electron chi connectivity index (χ0n) is 16.0. The number of aryl methyl sites for hydroxylation is 1. The third kappa shape index (κ3) is 5.12. The maximum Gasteiger partial charge on any atom is 0.239 e. The number of halogens is 1. The van der Waals surface area contributed by atoms with Crippen LogP contribution in [0.25, 0.3) is 0 Å². The minimum atomic E-state index is -3.03. The molecule has 1 aliphatic heterocycles. The Balaban J connectivity index is 1.63. The van der Waals surface area contributed by atoms with Crippen molar-refractivity contribution in [3.8, 4) is 0 Å². The van der Waals surface area contributed by atoms with Crippen LogP contribution in [0.4, 0.5) is 5.82 Å². The van der Waals surface area contributed by atoms with E-state index in [2.05, 4.69) is 15.7 Å². The van der Waals surface area contributed by atoms with E-state index < -0.39 is 9.84 Å². The molecule has 28 heavy (non-hydrogen) atoms. The van der Waals surface area contributed by atoms with Crippen molar-refractivity contribution in [2.45, 2.75) is 38.8 Å². The van der Waals surface area contributed by atoms with Crippen LogP contribution in [0.15, 0.2) is 30.3 Å². The summed E-state index contributed by atoms with van der Waals surface area (Å²) >= 11 is 5.94. The summed E-state index contributed by atoms with van der Waals surface area (Å²) in [6, 6.07) is 9.12. The minimum Gasteiger partial charge on any atom is -0.310 e. The molecular weight excluding hydrogens is 400 g/mol. The van der Waals surface area contributed by atoms with E-state index >= 15 is 0 Å². The second-order valence-corrected chi connectivity index (χ2v) is 9.78. The molecule has 0 spiro atoms. The smallest absolute Gasteiger partial charge is 0.239 e. The van der Waals surface area contributed by atoms with Gasteiger partial charge in [0, 0.05) is 17.1 Å². The van der Waals surface area contributed by atoms with Gasteiger partial charge < -0.3 is 10.6 Å². The predicted molar refractivity (Wildman–Crippen MR) is 110 cm³/mol. The average Bonchev–Trinajstić information content (AvgIpc) is 3.18. The molecule has 1 amide bonds. The van der Waals surface area contributed by atoms with Crippen LogP contribution in [0.2, 0.25) is 5.02 Å². The molecule has 0 bridgehead atoms. The van der Waals surface area contributed by atoms with Gasteiger partial charge in [0.1, 0.15) is 5.82 Å². The van der Waals surface area contributed by atoms with Gasteiger partial charge in [-0.3, -0.25) is 4.79 Å². The highest BCUT2D eigenvalue weighted by Crippen LogP contribution is 2.27. The van der Waals surface area contributed by atoms with Crippen molar-refractivity contribution in [1.29, 1.82) is 0 Å². The molecule has 7 nitrogen and oxygen atoms in total. The van der Waals surface area contributed by atoms with Gasteiger partial charge in [-0.05, 0) is 37.5 Å². The number of nitrogens with one attached hydrogen (secondary N) is 2. The molecule has 2 atom stereocenters. The van der Waals surface area contributed by atoms with Crippen LogP contribution < -0.4 is 10.6 Å². The number of carbonyl (C=O) groups excluding carboxylic acids is 1. The van der Waals surface area contributed by atoms with Gasteiger partial charge in [0.25, 0.3) is 0 Å². The highest BCUT2D eigenvalue weighted by Gasteiger charge is 2.31. The molecule has 1 aromatic carbocycles. The van der Waals surface area contributed by atoms with Crippen LogP contribution in [0.5, 0.6) is 0 Å². The Morgan fingerprint density at radius 2 is 2.07 bits per heavy atom. The van der Waals surface area contributed by atoms with Crippen molar-refractivity contribution >= 4 is 33.2 Å². The van der Waals surface area contributed by atoms with Crippen LogP contribution >= 0.6 is 11.6 Å². The number of benzene rings is 1. The van der Waals surface area contributed by atoms with Gasteiger partial charge >= 0.3 is 0 Å². The van der Waals surface area contributed by atoms with E-state index in [-0.39, 0.29) is 36.0 Å². The summed E-state index contributed by atoms with van der Waals surface area (Å²) < 4.78 is 25.2. The minimum absolute atomic E-state index is 0.0367. The fraction of sp³-hybridized carbons (Fsp3) is 0.474. The number of amides is 1. The van der Waals surface area contributed by atoms with E-state index in [0.717, 1.165) is 17.7 Å². The molecule has 0 radical (unpaired) electrons. The molecular formula is C19H25ClN4O3S. The van der Waals surface area contributed by atoms with Gasteiger partial charge in [0.2, 0.25) is 5.91 Å². The van der Waals surface area contributed by atoms with E-state index in [1.54, 1.807) is 10.7 Å². The number of sulfone groups is 1. The Morgan fingerprint density at radius 1 is 1.36 bits per heavy atom. The number of carbonyl (C=O) groups is 1. The molecule has 152 valence electrons. The molecule has 1 saturated heterocycles. The van der Waals surface area contributed by atoms with E-state index in [1.807, 2.05) is 38.1 Å². The van der Waals surface area contributed by atoms with Crippen LogP contribution in [-0.4, -0.2) is 42.2 Å². The first-order chi connectivity index (χ1) is 13.3. The standard InChI is InChI=1S/C19H25ClN4O3S/c1-3-17(14-4-6-15(20)7-5-14)21-11-19(25)22-18-10-13(2)23-24(18)16-8-9-28(26,27)12-16/h4-7,10,16-17,21H,3,8-9,11-12H2,1-2H3,(H,22,25). The Labute approximate surface area is 170 Å². The average molecular weight is 425 g/mol. The summed E-state index contributed by atoms with van der Waals surface area (Å²) in [6.07, 6.45) is 1.34. The highest BCUT2D eigenvalue weighted by atomic mass is 35.5. The van der Waals surface area contributed by atoms with Crippen LogP contribution in [0.3, 0.4) is 0 Å². The predicted octanol–water partition coefficient (Wildman–Crippen LogP) is 2.88. The lowest BCUT2D eigenvalue weighted by atomic mass is 10.0. The summed E-state index contributed by atoms with van der Waals surface area (Å²) in [7, 11) is -3.03. The highest BCUT2D eigenvalue weighted by molar-refractivity contribution is 7.91. The molecule has 1 aliphatic rings. The number of hydrogen-bond acceptors (Lipinski definition) is 5. The Kier molecular flexibility index (Phi) is 6.42. The van der Waals surface area contributed by atoms with Crippen molar-refractivity contribution in [3.05, 3.63) is 46.6 Å².